The fourth-order valence-electron chi connectivity index (χ4n) is 2.05. The van der Waals surface area contributed by atoms with Crippen LogP contribution < -0.4 is 5.73 Å². The quantitative estimate of drug-likeness (QED) is 0.763. The van der Waals surface area contributed by atoms with Crippen LogP contribution in [0.1, 0.15) is 19.0 Å². The van der Waals surface area contributed by atoms with Crippen LogP contribution in [0, 0.1) is 5.92 Å². The third-order valence-electron chi connectivity index (χ3n) is 2.84. The standard InChI is InChI=1S/C10H19N5/c1-9-2-4-14(6-9)7-10-8-15(5-3-11)13-12-10/h8-9H,2-7,11H2,1H3. The average molecular weight is 209 g/mol. The molecule has 1 saturated heterocycles. The summed E-state index contributed by atoms with van der Waals surface area (Å²) >= 11 is 0. The highest BCUT2D eigenvalue weighted by Gasteiger charge is 2.19. The van der Waals surface area contributed by atoms with Crippen molar-refractivity contribution in [3.05, 3.63) is 11.9 Å². The van der Waals surface area contributed by atoms with Crippen molar-refractivity contribution in [2.75, 3.05) is 19.6 Å². The minimum Gasteiger partial charge on any atom is -0.329 e. The maximum atomic E-state index is 5.45. The van der Waals surface area contributed by atoms with Crippen molar-refractivity contribution in [2.45, 2.75) is 26.4 Å². The Bertz CT molecular complexity index is 309. The average Bonchev–Trinajstić information content (AvgIpc) is 2.78. The Morgan fingerprint density at radius 3 is 3.13 bits per heavy atom. The number of nitrogens with two attached hydrogens (primary N) is 1. The van der Waals surface area contributed by atoms with Crippen molar-refractivity contribution >= 4 is 0 Å². The van der Waals surface area contributed by atoms with Crippen LogP contribution in [0.4, 0.5) is 0 Å². The van der Waals surface area contributed by atoms with Crippen molar-refractivity contribution in [3.63, 3.8) is 0 Å². The molecule has 84 valence electrons. The monoisotopic (exact) mass is 209 g/mol. The predicted molar refractivity (Wildman–Crippen MR) is 58.1 cm³/mol. The Morgan fingerprint density at radius 1 is 1.60 bits per heavy atom. The molecule has 0 bridgehead atoms. The highest BCUT2D eigenvalue weighted by atomic mass is 15.4. The van der Waals surface area contributed by atoms with Gasteiger partial charge in [0.05, 0.1) is 12.2 Å². The first-order chi connectivity index (χ1) is 7.28. The zero-order chi connectivity index (χ0) is 10.7. The topological polar surface area (TPSA) is 60.0 Å². The molecule has 2 heterocycles. The first-order valence-corrected chi connectivity index (χ1v) is 5.59. The Balaban J connectivity index is 1.87. The van der Waals surface area contributed by atoms with E-state index in [-0.39, 0.29) is 0 Å². The van der Waals surface area contributed by atoms with Gasteiger partial charge >= 0.3 is 0 Å². The molecule has 0 aromatic carbocycles. The predicted octanol–water partition coefficient (Wildman–Crippen LogP) is 0.0786. The molecular formula is C10H19N5. The summed E-state index contributed by atoms with van der Waals surface area (Å²) in [4.78, 5) is 2.43. The van der Waals surface area contributed by atoms with E-state index in [1.807, 2.05) is 10.9 Å². The van der Waals surface area contributed by atoms with Gasteiger partial charge in [0.15, 0.2) is 0 Å². The summed E-state index contributed by atoms with van der Waals surface area (Å²) in [7, 11) is 0. The van der Waals surface area contributed by atoms with Crippen LogP contribution in [0.3, 0.4) is 0 Å². The highest BCUT2D eigenvalue weighted by molar-refractivity contribution is 4.93. The first-order valence-electron chi connectivity index (χ1n) is 5.59. The molecule has 5 nitrogen and oxygen atoms in total. The molecule has 0 saturated carbocycles. The van der Waals surface area contributed by atoms with Gasteiger partial charge in [-0.3, -0.25) is 9.58 Å². The lowest BCUT2D eigenvalue weighted by Gasteiger charge is -2.12. The molecule has 1 aliphatic heterocycles. The summed E-state index contributed by atoms with van der Waals surface area (Å²) in [5, 5.41) is 8.17. The van der Waals surface area contributed by atoms with Crippen molar-refractivity contribution in [3.8, 4) is 0 Å². The van der Waals surface area contributed by atoms with E-state index >= 15 is 0 Å². The zero-order valence-electron chi connectivity index (χ0n) is 9.26. The van der Waals surface area contributed by atoms with Crippen molar-refractivity contribution < 1.29 is 0 Å². The van der Waals surface area contributed by atoms with Crippen LogP contribution in [0.5, 0.6) is 0 Å². The van der Waals surface area contributed by atoms with E-state index in [4.69, 9.17) is 5.73 Å². The molecule has 0 radical (unpaired) electrons. The lowest BCUT2D eigenvalue weighted by Crippen LogP contribution is -2.19. The molecule has 1 unspecified atom stereocenters. The van der Waals surface area contributed by atoms with Gasteiger partial charge in [-0.05, 0) is 18.9 Å². The number of hydrogen-bond acceptors (Lipinski definition) is 4. The smallest absolute Gasteiger partial charge is 0.0967 e. The summed E-state index contributed by atoms with van der Waals surface area (Å²) in [6.45, 7) is 6.96. The Morgan fingerprint density at radius 2 is 2.47 bits per heavy atom. The number of aromatic nitrogens is 3. The molecule has 5 heteroatoms. The second-order valence-corrected chi connectivity index (χ2v) is 4.39. The maximum absolute atomic E-state index is 5.45. The Hall–Kier alpha value is -0.940. The summed E-state index contributed by atoms with van der Waals surface area (Å²) in [6, 6.07) is 0. The van der Waals surface area contributed by atoms with Gasteiger partial charge in [0, 0.05) is 25.8 Å². The van der Waals surface area contributed by atoms with Gasteiger partial charge in [-0.25, -0.2) is 0 Å². The molecule has 2 rings (SSSR count). The molecule has 1 aromatic heterocycles. The van der Waals surface area contributed by atoms with Crippen molar-refractivity contribution in [1.82, 2.24) is 19.9 Å². The molecule has 0 amide bonds. The Kier molecular flexibility index (Phi) is 3.33. The fourth-order valence-corrected chi connectivity index (χ4v) is 2.05. The second-order valence-electron chi connectivity index (χ2n) is 4.39. The van der Waals surface area contributed by atoms with E-state index in [1.165, 1.54) is 19.5 Å². The van der Waals surface area contributed by atoms with E-state index in [0.717, 1.165) is 24.7 Å². The molecule has 15 heavy (non-hydrogen) atoms. The van der Waals surface area contributed by atoms with E-state index in [2.05, 4.69) is 22.1 Å². The number of likely N-dealkylation sites (tertiary alicyclic amines) is 1. The van der Waals surface area contributed by atoms with Crippen LogP contribution >= 0.6 is 0 Å². The molecule has 1 aromatic rings. The fraction of sp³-hybridized carbons (Fsp3) is 0.800. The maximum Gasteiger partial charge on any atom is 0.0967 e. The van der Waals surface area contributed by atoms with Crippen LogP contribution in [0.2, 0.25) is 0 Å². The molecule has 1 atom stereocenters. The van der Waals surface area contributed by atoms with Gasteiger partial charge in [0.1, 0.15) is 0 Å². The van der Waals surface area contributed by atoms with Crippen LogP contribution in [0.25, 0.3) is 0 Å². The summed E-state index contributed by atoms with van der Waals surface area (Å²) in [5.41, 5.74) is 6.51. The zero-order valence-corrected chi connectivity index (χ0v) is 9.26. The summed E-state index contributed by atoms with van der Waals surface area (Å²) in [6.07, 6.45) is 3.30. The van der Waals surface area contributed by atoms with Crippen molar-refractivity contribution in [1.29, 1.82) is 0 Å². The highest BCUT2D eigenvalue weighted by Crippen LogP contribution is 2.16. The van der Waals surface area contributed by atoms with Gasteiger partial charge in [-0.1, -0.05) is 12.1 Å². The molecule has 1 aliphatic rings. The van der Waals surface area contributed by atoms with Gasteiger partial charge in [0.25, 0.3) is 0 Å². The molecule has 2 N–H and O–H groups in total. The molecular weight excluding hydrogens is 190 g/mol. The van der Waals surface area contributed by atoms with E-state index in [9.17, 15) is 0 Å². The normalized spacial score (nSPS) is 22.4. The van der Waals surface area contributed by atoms with Gasteiger partial charge in [-0.15, -0.1) is 5.10 Å². The second kappa shape index (κ2) is 4.72. The Labute approximate surface area is 90.2 Å². The molecule has 1 fully saturated rings. The van der Waals surface area contributed by atoms with Crippen LogP contribution in [0.15, 0.2) is 6.20 Å². The number of nitrogens with zero attached hydrogens (tertiary/aromatic N) is 4. The number of hydrogen-bond donors (Lipinski definition) is 1. The van der Waals surface area contributed by atoms with Crippen LogP contribution in [-0.4, -0.2) is 39.5 Å². The lowest BCUT2D eigenvalue weighted by atomic mass is 10.2. The van der Waals surface area contributed by atoms with E-state index in [0.29, 0.717) is 6.54 Å². The van der Waals surface area contributed by atoms with Gasteiger partial charge in [-0.2, -0.15) is 0 Å². The summed E-state index contributed by atoms with van der Waals surface area (Å²) in [5.74, 6) is 0.823. The SMILES string of the molecule is CC1CCN(Cc2cn(CCN)nn2)C1. The minimum absolute atomic E-state index is 0.615. The van der Waals surface area contributed by atoms with E-state index in [1.54, 1.807) is 0 Å². The minimum atomic E-state index is 0.615. The van der Waals surface area contributed by atoms with Crippen LogP contribution in [-0.2, 0) is 13.1 Å². The first kappa shape index (κ1) is 10.6. The van der Waals surface area contributed by atoms with E-state index < -0.39 is 0 Å². The van der Waals surface area contributed by atoms with Crippen molar-refractivity contribution in [2.24, 2.45) is 11.7 Å². The van der Waals surface area contributed by atoms with Gasteiger partial charge < -0.3 is 5.73 Å². The lowest BCUT2D eigenvalue weighted by molar-refractivity contribution is 0.316. The molecule has 0 aliphatic carbocycles. The third-order valence-corrected chi connectivity index (χ3v) is 2.84. The largest absolute Gasteiger partial charge is 0.329 e. The summed E-state index contributed by atoms with van der Waals surface area (Å²) < 4.78 is 1.81. The van der Waals surface area contributed by atoms with Gasteiger partial charge in [0.2, 0.25) is 0 Å². The number of rotatable bonds is 4. The molecule has 0 spiro atoms. The third kappa shape index (κ3) is 2.76.